The number of halogens is 3. The highest BCUT2D eigenvalue weighted by molar-refractivity contribution is 9.10. The summed E-state index contributed by atoms with van der Waals surface area (Å²) in [6.45, 7) is 0. The average molecular weight is 353 g/mol. The molecule has 3 rings (SSSR count). The Morgan fingerprint density at radius 2 is 1.90 bits per heavy atom. The lowest BCUT2D eigenvalue weighted by Gasteiger charge is -2.09. The number of benzene rings is 2. The normalized spacial score (nSPS) is 11.0. The molecule has 0 saturated carbocycles. The monoisotopic (exact) mass is 352 g/mol. The molecule has 0 amide bonds. The highest BCUT2D eigenvalue weighted by Crippen LogP contribution is 2.27. The molecule has 1 heterocycles. The minimum atomic E-state index is -1.19. The van der Waals surface area contributed by atoms with Gasteiger partial charge >= 0.3 is 5.97 Å². The van der Waals surface area contributed by atoms with Crippen LogP contribution in [0, 0.1) is 11.6 Å². The van der Waals surface area contributed by atoms with E-state index in [4.69, 9.17) is 0 Å². The first kappa shape index (κ1) is 13.7. The number of aromatic nitrogens is 2. The molecule has 3 aromatic rings. The van der Waals surface area contributed by atoms with Crippen LogP contribution in [0.25, 0.3) is 16.7 Å². The lowest BCUT2D eigenvalue weighted by molar-refractivity contribution is 0.0698. The zero-order valence-electron chi connectivity index (χ0n) is 10.3. The molecule has 0 spiro atoms. The molecule has 0 atom stereocenters. The number of hydrogen-bond acceptors (Lipinski definition) is 2. The number of hydrogen-bond donors (Lipinski definition) is 1. The first-order valence-corrected chi connectivity index (χ1v) is 6.62. The zero-order chi connectivity index (χ0) is 15.1. The highest BCUT2D eigenvalue weighted by atomic mass is 79.9. The van der Waals surface area contributed by atoms with E-state index < -0.39 is 17.6 Å². The van der Waals surface area contributed by atoms with Gasteiger partial charge in [0.15, 0.2) is 11.6 Å². The third-order valence-electron chi connectivity index (χ3n) is 3.02. The lowest BCUT2D eigenvalue weighted by atomic mass is 10.1. The van der Waals surface area contributed by atoms with Crippen molar-refractivity contribution in [1.82, 2.24) is 9.55 Å². The summed E-state index contributed by atoms with van der Waals surface area (Å²) in [7, 11) is 0. The summed E-state index contributed by atoms with van der Waals surface area (Å²) in [4.78, 5) is 15.3. The molecule has 1 N–H and O–H groups in total. The van der Waals surface area contributed by atoms with Gasteiger partial charge in [0.2, 0.25) is 0 Å². The van der Waals surface area contributed by atoms with E-state index in [2.05, 4.69) is 20.9 Å². The second kappa shape index (κ2) is 4.92. The Labute approximate surface area is 125 Å². The van der Waals surface area contributed by atoms with E-state index in [1.54, 1.807) is 6.07 Å². The molecule has 4 nitrogen and oxygen atoms in total. The van der Waals surface area contributed by atoms with E-state index in [1.807, 2.05) is 0 Å². The van der Waals surface area contributed by atoms with Crippen molar-refractivity contribution >= 4 is 32.9 Å². The quantitative estimate of drug-likeness (QED) is 0.763. The van der Waals surface area contributed by atoms with Crippen molar-refractivity contribution in [2.45, 2.75) is 0 Å². The fraction of sp³-hybridized carbons (Fsp3) is 0. The van der Waals surface area contributed by atoms with E-state index in [0.29, 0.717) is 5.52 Å². The highest BCUT2D eigenvalue weighted by Gasteiger charge is 2.19. The molecule has 0 aliphatic carbocycles. The molecule has 21 heavy (non-hydrogen) atoms. The molecule has 0 saturated heterocycles. The summed E-state index contributed by atoms with van der Waals surface area (Å²) in [6.07, 6.45) is 1.20. The SMILES string of the molecule is O=C(O)c1cccc2ncn(-c3c(F)cc(Br)cc3F)c12. The van der Waals surface area contributed by atoms with Gasteiger partial charge in [-0.1, -0.05) is 22.0 Å². The van der Waals surface area contributed by atoms with Crippen LogP contribution in [0.5, 0.6) is 0 Å². The molecule has 0 aliphatic rings. The Bertz CT molecular complexity index is 854. The maximum atomic E-state index is 14.1. The fourth-order valence-electron chi connectivity index (χ4n) is 2.17. The Morgan fingerprint density at radius 3 is 2.52 bits per heavy atom. The molecular formula is C14H7BrF2N2O2. The van der Waals surface area contributed by atoms with Gasteiger partial charge < -0.3 is 5.11 Å². The number of nitrogens with zero attached hydrogens (tertiary/aromatic N) is 2. The number of fused-ring (bicyclic) bond motifs is 1. The van der Waals surface area contributed by atoms with Crippen LogP contribution in [0.1, 0.15) is 10.4 Å². The van der Waals surface area contributed by atoms with Crippen molar-refractivity contribution in [3.05, 3.63) is 58.3 Å². The number of carbonyl (C=O) groups is 1. The fourth-order valence-corrected chi connectivity index (χ4v) is 2.58. The van der Waals surface area contributed by atoms with Crippen molar-refractivity contribution in [1.29, 1.82) is 0 Å². The molecule has 0 fully saturated rings. The van der Waals surface area contributed by atoms with Gasteiger partial charge in [-0.15, -0.1) is 0 Å². The Kier molecular flexibility index (Phi) is 3.21. The third kappa shape index (κ3) is 2.19. The van der Waals surface area contributed by atoms with Gasteiger partial charge in [0, 0.05) is 4.47 Å². The zero-order valence-corrected chi connectivity index (χ0v) is 11.9. The van der Waals surface area contributed by atoms with Gasteiger partial charge in [0.1, 0.15) is 12.0 Å². The predicted molar refractivity (Wildman–Crippen MR) is 75.6 cm³/mol. The van der Waals surface area contributed by atoms with Crippen LogP contribution < -0.4 is 0 Å². The van der Waals surface area contributed by atoms with Gasteiger partial charge in [-0.3, -0.25) is 4.57 Å². The number of carboxylic acid groups (broad SMARTS) is 1. The van der Waals surface area contributed by atoms with Crippen LogP contribution in [0.2, 0.25) is 0 Å². The van der Waals surface area contributed by atoms with Gasteiger partial charge in [-0.25, -0.2) is 18.6 Å². The molecule has 1 aromatic heterocycles. The Hall–Kier alpha value is -2.28. The minimum Gasteiger partial charge on any atom is -0.478 e. The topological polar surface area (TPSA) is 55.1 Å². The van der Waals surface area contributed by atoms with E-state index in [1.165, 1.54) is 18.5 Å². The number of imidazole rings is 1. The van der Waals surface area contributed by atoms with Crippen LogP contribution in [-0.4, -0.2) is 20.6 Å². The lowest BCUT2D eigenvalue weighted by Crippen LogP contribution is -2.05. The second-order valence-electron chi connectivity index (χ2n) is 4.31. The summed E-state index contributed by atoms with van der Waals surface area (Å²) in [5.41, 5.74) is 0.0443. The first-order valence-electron chi connectivity index (χ1n) is 5.83. The maximum absolute atomic E-state index is 14.1. The molecule has 7 heteroatoms. The Morgan fingerprint density at radius 1 is 1.24 bits per heavy atom. The van der Waals surface area contributed by atoms with Crippen LogP contribution in [0.15, 0.2) is 41.1 Å². The molecule has 0 unspecified atom stereocenters. The maximum Gasteiger partial charge on any atom is 0.337 e. The summed E-state index contributed by atoms with van der Waals surface area (Å²) < 4.78 is 29.5. The van der Waals surface area contributed by atoms with Crippen LogP contribution in [0.3, 0.4) is 0 Å². The summed E-state index contributed by atoms with van der Waals surface area (Å²) in [5.74, 6) is -2.83. The van der Waals surface area contributed by atoms with Crippen molar-refractivity contribution in [2.24, 2.45) is 0 Å². The third-order valence-corrected chi connectivity index (χ3v) is 3.48. The van der Waals surface area contributed by atoms with Gasteiger partial charge in [0.25, 0.3) is 0 Å². The van der Waals surface area contributed by atoms with Gasteiger partial charge in [0.05, 0.1) is 16.6 Å². The van der Waals surface area contributed by atoms with E-state index in [-0.39, 0.29) is 21.2 Å². The van der Waals surface area contributed by atoms with E-state index in [0.717, 1.165) is 16.7 Å². The number of carboxylic acids is 1. The van der Waals surface area contributed by atoms with Gasteiger partial charge in [-0.2, -0.15) is 0 Å². The average Bonchev–Trinajstić information content (AvgIpc) is 2.81. The van der Waals surface area contributed by atoms with Crippen LogP contribution in [-0.2, 0) is 0 Å². The van der Waals surface area contributed by atoms with Crippen molar-refractivity contribution in [3.8, 4) is 5.69 Å². The molecule has 106 valence electrons. The molecule has 0 bridgehead atoms. The minimum absolute atomic E-state index is 0.0771. The molecule has 2 aromatic carbocycles. The van der Waals surface area contributed by atoms with Crippen LogP contribution >= 0.6 is 15.9 Å². The summed E-state index contributed by atoms with van der Waals surface area (Å²) in [5, 5.41) is 9.22. The first-order chi connectivity index (χ1) is 9.99. The Balaban J connectivity index is 2.39. The number of rotatable bonds is 2. The summed E-state index contributed by atoms with van der Waals surface area (Å²) >= 11 is 3.00. The van der Waals surface area contributed by atoms with Crippen molar-refractivity contribution in [3.63, 3.8) is 0 Å². The predicted octanol–water partition coefficient (Wildman–Crippen LogP) is 3.76. The van der Waals surface area contributed by atoms with E-state index >= 15 is 0 Å². The van der Waals surface area contributed by atoms with Crippen LogP contribution in [0.4, 0.5) is 8.78 Å². The van der Waals surface area contributed by atoms with Crippen molar-refractivity contribution < 1.29 is 18.7 Å². The molecule has 0 aliphatic heterocycles. The second-order valence-corrected chi connectivity index (χ2v) is 5.23. The van der Waals surface area contributed by atoms with Crippen molar-refractivity contribution in [2.75, 3.05) is 0 Å². The standard InChI is InChI=1S/C14H7BrF2N2O2/c15-7-4-9(16)13(10(17)5-7)19-6-18-11-3-1-2-8(12(11)19)14(20)21/h1-6H,(H,20,21). The number of aromatic carboxylic acids is 1. The largest absolute Gasteiger partial charge is 0.478 e. The molecular weight excluding hydrogens is 346 g/mol. The molecule has 0 radical (unpaired) electrons. The number of para-hydroxylation sites is 1. The summed E-state index contributed by atoms with van der Waals surface area (Å²) in [6, 6.07) is 6.67. The van der Waals surface area contributed by atoms with Gasteiger partial charge in [-0.05, 0) is 24.3 Å². The smallest absolute Gasteiger partial charge is 0.337 e. The van der Waals surface area contributed by atoms with E-state index in [9.17, 15) is 18.7 Å².